The first-order valence-corrected chi connectivity index (χ1v) is 7.34. The number of rotatable bonds is 5. The number of nitrogens with zero attached hydrogens (tertiary/aromatic N) is 1. The molecule has 19 heavy (non-hydrogen) atoms. The van der Waals surface area contributed by atoms with Gasteiger partial charge < -0.3 is 4.90 Å². The van der Waals surface area contributed by atoms with Crippen LogP contribution in [0.15, 0.2) is 17.5 Å². The molecule has 5 nitrogen and oxygen atoms in total. The molecule has 0 aliphatic carbocycles. The first-order chi connectivity index (χ1) is 9.22. The standard InChI is InChI=1S/C13H18N2O3S/c1-2-18-14-13(17)11-6-3-7-15(11)12(16)9-10-5-4-8-19-10/h4-5,8,11H,2-3,6-7,9H2,1H3,(H,14,17). The molecular formula is C13H18N2O3S. The smallest absolute Gasteiger partial charge is 0.266 e. The van der Waals surface area contributed by atoms with Crippen LogP contribution >= 0.6 is 11.3 Å². The van der Waals surface area contributed by atoms with Gasteiger partial charge in [-0.15, -0.1) is 11.3 Å². The minimum Gasteiger partial charge on any atom is -0.330 e. The Bertz CT molecular complexity index is 433. The molecule has 1 aromatic rings. The molecule has 0 saturated carbocycles. The summed E-state index contributed by atoms with van der Waals surface area (Å²) in [5, 5.41) is 1.95. The molecule has 1 aliphatic rings. The lowest BCUT2D eigenvalue weighted by Gasteiger charge is -2.23. The minimum atomic E-state index is -0.390. The zero-order valence-electron chi connectivity index (χ0n) is 10.9. The number of carbonyl (C=O) groups excluding carboxylic acids is 2. The average molecular weight is 282 g/mol. The molecule has 2 amide bonds. The second-order valence-corrected chi connectivity index (χ2v) is 5.43. The van der Waals surface area contributed by atoms with Crippen LogP contribution in [0, 0.1) is 0 Å². The highest BCUT2D eigenvalue weighted by molar-refractivity contribution is 7.10. The third kappa shape index (κ3) is 3.54. The zero-order chi connectivity index (χ0) is 13.7. The highest BCUT2D eigenvalue weighted by Gasteiger charge is 2.34. The van der Waals surface area contributed by atoms with E-state index in [1.165, 1.54) is 0 Å². The van der Waals surface area contributed by atoms with Gasteiger partial charge in [-0.25, -0.2) is 5.48 Å². The summed E-state index contributed by atoms with van der Waals surface area (Å²) in [6.07, 6.45) is 1.94. The SMILES string of the molecule is CCONC(=O)C1CCCN1C(=O)Cc1cccs1. The largest absolute Gasteiger partial charge is 0.330 e. The first-order valence-electron chi connectivity index (χ1n) is 6.46. The fourth-order valence-electron chi connectivity index (χ4n) is 2.21. The number of likely N-dealkylation sites (tertiary alicyclic amines) is 1. The second-order valence-electron chi connectivity index (χ2n) is 4.40. The number of amides is 2. The monoisotopic (exact) mass is 282 g/mol. The molecule has 0 radical (unpaired) electrons. The maximum atomic E-state index is 12.2. The molecule has 6 heteroatoms. The molecular weight excluding hydrogens is 264 g/mol. The van der Waals surface area contributed by atoms with Crippen LogP contribution in [0.5, 0.6) is 0 Å². The van der Waals surface area contributed by atoms with Crippen molar-refractivity contribution in [2.45, 2.75) is 32.2 Å². The molecule has 1 fully saturated rings. The highest BCUT2D eigenvalue weighted by Crippen LogP contribution is 2.20. The van der Waals surface area contributed by atoms with Gasteiger partial charge in [0.15, 0.2) is 0 Å². The van der Waals surface area contributed by atoms with Crippen molar-refractivity contribution < 1.29 is 14.4 Å². The van der Waals surface area contributed by atoms with Crippen LogP contribution in [-0.2, 0) is 20.8 Å². The van der Waals surface area contributed by atoms with E-state index >= 15 is 0 Å². The van der Waals surface area contributed by atoms with Gasteiger partial charge in [-0.2, -0.15) is 0 Å². The van der Waals surface area contributed by atoms with Crippen LogP contribution in [0.2, 0.25) is 0 Å². The lowest BCUT2D eigenvalue weighted by Crippen LogP contribution is -2.46. The number of carbonyl (C=O) groups is 2. The maximum absolute atomic E-state index is 12.2. The van der Waals surface area contributed by atoms with E-state index in [2.05, 4.69) is 5.48 Å². The third-order valence-corrected chi connectivity index (χ3v) is 3.97. The van der Waals surface area contributed by atoms with E-state index in [1.807, 2.05) is 17.5 Å². The molecule has 0 bridgehead atoms. The number of hydrogen-bond donors (Lipinski definition) is 1. The van der Waals surface area contributed by atoms with E-state index in [-0.39, 0.29) is 17.9 Å². The van der Waals surface area contributed by atoms with Crippen LogP contribution in [0.25, 0.3) is 0 Å². The molecule has 2 heterocycles. The van der Waals surface area contributed by atoms with Crippen molar-refractivity contribution in [3.05, 3.63) is 22.4 Å². The Balaban J connectivity index is 1.94. The predicted molar refractivity (Wildman–Crippen MR) is 72.5 cm³/mol. The minimum absolute atomic E-state index is 0.0107. The van der Waals surface area contributed by atoms with E-state index in [4.69, 9.17) is 4.84 Å². The maximum Gasteiger partial charge on any atom is 0.266 e. The second kappa shape index (κ2) is 6.68. The average Bonchev–Trinajstić information content (AvgIpc) is 3.05. The van der Waals surface area contributed by atoms with E-state index in [9.17, 15) is 9.59 Å². The van der Waals surface area contributed by atoms with Gasteiger partial charge in [0.1, 0.15) is 6.04 Å². The number of nitrogens with one attached hydrogen (secondary N) is 1. The molecule has 1 atom stereocenters. The first kappa shape index (κ1) is 14.0. The Kier molecular flexibility index (Phi) is 4.93. The molecule has 1 N–H and O–H groups in total. The highest BCUT2D eigenvalue weighted by atomic mass is 32.1. The van der Waals surface area contributed by atoms with Crippen molar-refractivity contribution in [3.63, 3.8) is 0 Å². The Labute approximate surface area is 116 Å². The number of hydrogen-bond acceptors (Lipinski definition) is 4. The van der Waals surface area contributed by atoms with Crippen LogP contribution in [0.3, 0.4) is 0 Å². The molecule has 2 rings (SSSR count). The quantitative estimate of drug-likeness (QED) is 0.829. The van der Waals surface area contributed by atoms with E-state index in [0.717, 1.165) is 11.3 Å². The van der Waals surface area contributed by atoms with Gasteiger partial charge in [0, 0.05) is 11.4 Å². The van der Waals surface area contributed by atoms with Crippen LogP contribution in [-0.4, -0.2) is 35.9 Å². The van der Waals surface area contributed by atoms with Crippen molar-refractivity contribution in [2.75, 3.05) is 13.2 Å². The summed E-state index contributed by atoms with van der Waals surface area (Å²) in [6, 6.07) is 3.48. The molecule has 0 aromatic carbocycles. The summed E-state index contributed by atoms with van der Waals surface area (Å²) < 4.78 is 0. The summed E-state index contributed by atoms with van der Waals surface area (Å²) in [4.78, 5) is 31.7. The lowest BCUT2D eigenvalue weighted by molar-refractivity contribution is -0.144. The van der Waals surface area contributed by atoms with Gasteiger partial charge in [-0.1, -0.05) is 6.07 Å². The number of thiophene rings is 1. The van der Waals surface area contributed by atoms with E-state index in [0.29, 0.717) is 26.0 Å². The molecule has 1 aromatic heterocycles. The van der Waals surface area contributed by atoms with Crippen LogP contribution in [0.1, 0.15) is 24.6 Å². The molecule has 0 spiro atoms. The van der Waals surface area contributed by atoms with Crippen molar-refractivity contribution in [3.8, 4) is 0 Å². The van der Waals surface area contributed by atoms with Gasteiger partial charge in [-0.05, 0) is 31.2 Å². The Morgan fingerprint density at radius 1 is 1.58 bits per heavy atom. The van der Waals surface area contributed by atoms with Crippen LogP contribution < -0.4 is 5.48 Å². The summed E-state index contributed by atoms with van der Waals surface area (Å²) in [5.41, 5.74) is 2.39. The van der Waals surface area contributed by atoms with Crippen molar-refractivity contribution >= 4 is 23.2 Å². The predicted octanol–water partition coefficient (Wildman–Crippen LogP) is 1.35. The van der Waals surface area contributed by atoms with Crippen LogP contribution in [0.4, 0.5) is 0 Å². The summed E-state index contributed by atoms with van der Waals surface area (Å²) in [6.45, 7) is 2.87. The van der Waals surface area contributed by atoms with Gasteiger partial charge >= 0.3 is 0 Å². The fourth-order valence-corrected chi connectivity index (χ4v) is 2.91. The van der Waals surface area contributed by atoms with Gasteiger partial charge in [0.2, 0.25) is 5.91 Å². The van der Waals surface area contributed by atoms with Gasteiger partial charge in [0.05, 0.1) is 13.0 Å². The van der Waals surface area contributed by atoms with E-state index in [1.54, 1.807) is 23.2 Å². The van der Waals surface area contributed by atoms with Crippen molar-refractivity contribution in [2.24, 2.45) is 0 Å². The van der Waals surface area contributed by atoms with Crippen molar-refractivity contribution in [1.29, 1.82) is 0 Å². The fraction of sp³-hybridized carbons (Fsp3) is 0.538. The molecule has 1 saturated heterocycles. The zero-order valence-corrected chi connectivity index (χ0v) is 11.7. The van der Waals surface area contributed by atoms with Gasteiger partial charge in [-0.3, -0.25) is 14.4 Å². The van der Waals surface area contributed by atoms with Crippen molar-refractivity contribution in [1.82, 2.24) is 10.4 Å². The normalized spacial score (nSPS) is 18.6. The Morgan fingerprint density at radius 2 is 2.42 bits per heavy atom. The Morgan fingerprint density at radius 3 is 3.11 bits per heavy atom. The molecule has 1 unspecified atom stereocenters. The molecule has 104 valence electrons. The summed E-state index contributed by atoms with van der Waals surface area (Å²) in [7, 11) is 0. The van der Waals surface area contributed by atoms with Gasteiger partial charge in [0.25, 0.3) is 5.91 Å². The summed E-state index contributed by atoms with van der Waals surface area (Å²) in [5.74, 6) is -0.213. The Hall–Kier alpha value is -1.40. The topological polar surface area (TPSA) is 58.6 Å². The number of hydroxylamine groups is 1. The summed E-state index contributed by atoms with van der Waals surface area (Å²) >= 11 is 1.56. The third-order valence-electron chi connectivity index (χ3n) is 3.10. The molecule has 1 aliphatic heterocycles. The van der Waals surface area contributed by atoms with E-state index < -0.39 is 0 Å². The lowest BCUT2D eigenvalue weighted by atomic mass is 10.2.